The van der Waals surface area contributed by atoms with E-state index in [9.17, 15) is 0 Å². The Kier molecular flexibility index (Phi) is 3.80. The molecule has 1 atom stereocenters. The summed E-state index contributed by atoms with van der Waals surface area (Å²) in [5, 5.41) is 9.00. The van der Waals surface area contributed by atoms with Crippen LogP contribution in [0.4, 0.5) is 0 Å². The summed E-state index contributed by atoms with van der Waals surface area (Å²) in [6.07, 6.45) is 4.04. The summed E-state index contributed by atoms with van der Waals surface area (Å²) < 4.78 is 0. The number of aliphatic hydroxyl groups excluding tert-OH is 1. The SMILES string of the molecule is N[C@H](CO)Cc1ccccc1-c1ncccn1. The first-order chi connectivity index (χ1) is 8.31. The lowest BCUT2D eigenvalue weighted by Gasteiger charge is -2.11. The first kappa shape index (κ1) is 11.7. The molecule has 0 saturated heterocycles. The molecule has 0 aliphatic rings. The summed E-state index contributed by atoms with van der Waals surface area (Å²) >= 11 is 0. The van der Waals surface area contributed by atoms with E-state index in [1.165, 1.54) is 0 Å². The minimum Gasteiger partial charge on any atom is -0.395 e. The van der Waals surface area contributed by atoms with Gasteiger partial charge in [0.1, 0.15) is 0 Å². The van der Waals surface area contributed by atoms with Crippen LogP contribution in [-0.2, 0) is 6.42 Å². The van der Waals surface area contributed by atoms with Crippen LogP contribution in [0.3, 0.4) is 0 Å². The van der Waals surface area contributed by atoms with Crippen LogP contribution < -0.4 is 5.73 Å². The minimum atomic E-state index is -0.250. The monoisotopic (exact) mass is 229 g/mol. The Morgan fingerprint density at radius 3 is 2.53 bits per heavy atom. The van der Waals surface area contributed by atoms with Gasteiger partial charge in [-0.2, -0.15) is 0 Å². The van der Waals surface area contributed by atoms with E-state index >= 15 is 0 Å². The van der Waals surface area contributed by atoms with E-state index in [2.05, 4.69) is 9.97 Å². The zero-order valence-electron chi connectivity index (χ0n) is 9.45. The fourth-order valence-corrected chi connectivity index (χ4v) is 1.70. The second-order valence-corrected chi connectivity index (χ2v) is 3.88. The average Bonchev–Trinajstić information content (AvgIpc) is 2.40. The summed E-state index contributed by atoms with van der Waals surface area (Å²) in [4.78, 5) is 8.46. The third-order valence-corrected chi connectivity index (χ3v) is 2.54. The maximum Gasteiger partial charge on any atom is 0.159 e. The second kappa shape index (κ2) is 5.52. The Bertz CT molecular complexity index is 473. The number of nitrogens with two attached hydrogens (primary N) is 1. The van der Waals surface area contributed by atoms with E-state index in [-0.39, 0.29) is 12.6 Å². The predicted octanol–water partition coefficient (Wildman–Crippen LogP) is 1.01. The van der Waals surface area contributed by atoms with Crippen molar-refractivity contribution in [1.82, 2.24) is 9.97 Å². The summed E-state index contributed by atoms with van der Waals surface area (Å²) in [5.41, 5.74) is 7.79. The lowest BCUT2D eigenvalue weighted by molar-refractivity contribution is 0.265. The van der Waals surface area contributed by atoms with E-state index in [0.717, 1.165) is 11.1 Å². The van der Waals surface area contributed by atoms with Gasteiger partial charge in [-0.05, 0) is 18.1 Å². The Balaban J connectivity index is 2.34. The third kappa shape index (κ3) is 2.87. The highest BCUT2D eigenvalue weighted by atomic mass is 16.3. The Morgan fingerprint density at radius 1 is 1.12 bits per heavy atom. The van der Waals surface area contributed by atoms with Gasteiger partial charge in [-0.25, -0.2) is 9.97 Å². The topological polar surface area (TPSA) is 72.0 Å². The van der Waals surface area contributed by atoms with Crippen LogP contribution in [0.15, 0.2) is 42.7 Å². The zero-order chi connectivity index (χ0) is 12.1. The Hall–Kier alpha value is -1.78. The molecular weight excluding hydrogens is 214 g/mol. The molecule has 0 radical (unpaired) electrons. The van der Waals surface area contributed by atoms with E-state index in [4.69, 9.17) is 10.8 Å². The Morgan fingerprint density at radius 2 is 1.82 bits per heavy atom. The van der Waals surface area contributed by atoms with E-state index < -0.39 is 0 Å². The van der Waals surface area contributed by atoms with Gasteiger partial charge < -0.3 is 10.8 Å². The fourth-order valence-electron chi connectivity index (χ4n) is 1.70. The fraction of sp³-hybridized carbons (Fsp3) is 0.231. The largest absolute Gasteiger partial charge is 0.395 e. The van der Waals surface area contributed by atoms with Crippen LogP contribution in [0.25, 0.3) is 11.4 Å². The van der Waals surface area contributed by atoms with Crippen molar-refractivity contribution in [3.8, 4) is 11.4 Å². The molecule has 1 heterocycles. The molecule has 1 aromatic heterocycles. The summed E-state index contributed by atoms with van der Waals surface area (Å²) in [6, 6.07) is 9.38. The molecular formula is C13H15N3O. The van der Waals surface area contributed by atoms with Gasteiger partial charge in [0.25, 0.3) is 0 Å². The minimum absolute atomic E-state index is 0.0238. The molecule has 1 aromatic carbocycles. The molecule has 3 N–H and O–H groups in total. The first-order valence-electron chi connectivity index (χ1n) is 5.53. The van der Waals surface area contributed by atoms with Crippen LogP contribution in [0.5, 0.6) is 0 Å². The van der Waals surface area contributed by atoms with Crippen LogP contribution in [0, 0.1) is 0 Å². The molecule has 0 unspecified atom stereocenters. The molecule has 0 bridgehead atoms. The number of nitrogens with zero attached hydrogens (tertiary/aromatic N) is 2. The highest BCUT2D eigenvalue weighted by molar-refractivity contribution is 5.59. The second-order valence-electron chi connectivity index (χ2n) is 3.88. The molecule has 0 spiro atoms. The molecule has 17 heavy (non-hydrogen) atoms. The molecule has 2 aromatic rings. The van der Waals surface area contributed by atoms with Crippen molar-refractivity contribution in [3.63, 3.8) is 0 Å². The molecule has 4 nitrogen and oxygen atoms in total. The van der Waals surface area contributed by atoms with Gasteiger partial charge in [-0.3, -0.25) is 0 Å². The summed E-state index contributed by atoms with van der Waals surface area (Å²) in [6.45, 7) is -0.0238. The number of aliphatic hydroxyl groups is 1. The summed E-state index contributed by atoms with van der Waals surface area (Å²) in [5.74, 6) is 0.688. The van der Waals surface area contributed by atoms with Crippen LogP contribution >= 0.6 is 0 Å². The molecule has 88 valence electrons. The number of aromatic nitrogens is 2. The standard InChI is InChI=1S/C13H15N3O/c14-11(9-17)8-10-4-1-2-5-12(10)13-15-6-3-7-16-13/h1-7,11,17H,8-9,14H2/t11-/m0/s1. The lowest BCUT2D eigenvalue weighted by Crippen LogP contribution is -2.27. The van der Waals surface area contributed by atoms with Crippen molar-refractivity contribution < 1.29 is 5.11 Å². The van der Waals surface area contributed by atoms with Crippen LogP contribution in [0.2, 0.25) is 0 Å². The average molecular weight is 229 g/mol. The van der Waals surface area contributed by atoms with Gasteiger partial charge >= 0.3 is 0 Å². The van der Waals surface area contributed by atoms with Crippen molar-refractivity contribution in [1.29, 1.82) is 0 Å². The van der Waals surface area contributed by atoms with Crippen LogP contribution in [0.1, 0.15) is 5.56 Å². The molecule has 0 amide bonds. The molecule has 4 heteroatoms. The van der Waals surface area contributed by atoms with Gasteiger partial charge in [-0.15, -0.1) is 0 Å². The van der Waals surface area contributed by atoms with Crippen molar-refractivity contribution in [2.75, 3.05) is 6.61 Å². The zero-order valence-corrected chi connectivity index (χ0v) is 9.45. The number of hydrogen-bond donors (Lipinski definition) is 2. The predicted molar refractivity (Wildman–Crippen MR) is 66.2 cm³/mol. The number of benzene rings is 1. The van der Waals surface area contributed by atoms with Gasteiger partial charge in [-0.1, -0.05) is 24.3 Å². The normalized spacial score (nSPS) is 12.4. The van der Waals surface area contributed by atoms with Crippen molar-refractivity contribution in [2.45, 2.75) is 12.5 Å². The highest BCUT2D eigenvalue weighted by Crippen LogP contribution is 2.20. The quantitative estimate of drug-likeness (QED) is 0.820. The van der Waals surface area contributed by atoms with E-state index in [1.807, 2.05) is 24.3 Å². The van der Waals surface area contributed by atoms with E-state index in [1.54, 1.807) is 18.5 Å². The van der Waals surface area contributed by atoms with Crippen molar-refractivity contribution >= 4 is 0 Å². The van der Waals surface area contributed by atoms with Gasteiger partial charge in [0.05, 0.1) is 6.61 Å². The van der Waals surface area contributed by atoms with Crippen LogP contribution in [-0.4, -0.2) is 27.7 Å². The maximum atomic E-state index is 9.00. The smallest absolute Gasteiger partial charge is 0.159 e. The van der Waals surface area contributed by atoms with Gasteiger partial charge in [0.2, 0.25) is 0 Å². The molecule has 0 saturated carbocycles. The number of hydrogen-bond acceptors (Lipinski definition) is 4. The lowest BCUT2D eigenvalue weighted by atomic mass is 10.0. The highest BCUT2D eigenvalue weighted by Gasteiger charge is 2.09. The maximum absolute atomic E-state index is 9.00. The molecule has 2 rings (SSSR count). The third-order valence-electron chi connectivity index (χ3n) is 2.54. The van der Waals surface area contributed by atoms with Crippen molar-refractivity contribution in [2.24, 2.45) is 5.73 Å². The molecule has 0 fully saturated rings. The van der Waals surface area contributed by atoms with Gasteiger partial charge in [0, 0.05) is 24.0 Å². The summed E-state index contributed by atoms with van der Waals surface area (Å²) in [7, 11) is 0. The van der Waals surface area contributed by atoms with Gasteiger partial charge in [0.15, 0.2) is 5.82 Å². The first-order valence-corrected chi connectivity index (χ1v) is 5.53. The van der Waals surface area contributed by atoms with E-state index in [0.29, 0.717) is 12.2 Å². The Labute approximate surface area is 100 Å². The molecule has 0 aliphatic carbocycles. The van der Waals surface area contributed by atoms with Crippen molar-refractivity contribution in [3.05, 3.63) is 48.3 Å². The number of rotatable bonds is 4. The molecule has 0 aliphatic heterocycles.